The Morgan fingerprint density at radius 3 is 3.00 bits per heavy atom. The fourth-order valence-electron chi connectivity index (χ4n) is 2.12. The van der Waals surface area contributed by atoms with Crippen LogP contribution in [0.25, 0.3) is 0 Å². The van der Waals surface area contributed by atoms with Crippen molar-refractivity contribution in [2.75, 3.05) is 6.54 Å². The van der Waals surface area contributed by atoms with Crippen molar-refractivity contribution in [3.05, 3.63) is 5.51 Å². The second-order valence-electron chi connectivity index (χ2n) is 3.99. The van der Waals surface area contributed by atoms with Crippen LogP contribution in [-0.4, -0.2) is 22.0 Å². The lowest BCUT2D eigenvalue weighted by molar-refractivity contribution is 0.483. The third-order valence-electron chi connectivity index (χ3n) is 2.98. The Balaban J connectivity index is 1.97. The summed E-state index contributed by atoms with van der Waals surface area (Å²) in [6.45, 7) is 0.816. The highest BCUT2D eigenvalue weighted by molar-refractivity contribution is 8.01. The molecule has 0 amide bonds. The number of thioether (sulfide) groups is 1. The SMILES string of the molecule is NCC1CCCCCC1Sc1nncs1. The molecule has 0 aliphatic heterocycles. The van der Waals surface area contributed by atoms with E-state index in [0.717, 1.165) is 10.9 Å². The van der Waals surface area contributed by atoms with Crippen LogP contribution in [0.4, 0.5) is 0 Å². The summed E-state index contributed by atoms with van der Waals surface area (Å²) in [7, 11) is 0. The van der Waals surface area contributed by atoms with Crippen LogP contribution in [-0.2, 0) is 0 Å². The molecular formula is C10H17N3S2. The first-order chi connectivity index (χ1) is 7.40. The van der Waals surface area contributed by atoms with E-state index in [-0.39, 0.29) is 0 Å². The highest BCUT2D eigenvalue weighted by atomic mass is 32.2. The summed E-state index contributed by atoms with van der Waals surface area (Å²) < 4.78 is 1.10. The molecule has 84 valence electrons. The lowest BCUT2D eigenvalue weighted by Gasteiger charge is -2.21. The van der Waals surface area contributed by atoms with Gasteiger partial charge in [0, 0.05) is 5.25 Å². The van der Waals surface area contributed by atoms with Gasteiger partial charge in [-0.15, -0.1) is 10.2 Å². The second kappa shape index (κ2) is 5.82. The van der Waals surface area contributed by atoms with Gasteiger partial charge < -0.3 is 5.73 Å². The van der Waals surface area contributed by atoms with E-state index in [4.69, 9.17) is 5.73 Å². The molecule has 1 heterocycles. The third kappa shape index (κ3) is 3.16. The van der Waals surface area contributed by atoms with Crippen LogP contribution in [0, 0.1) is 5.92 Å². The normalized spacial score (nSPS) is 27.5. The predicted molar refractivity (Wildman–Crippen MR) is 65.2 cm³/mol. The first-order valence-electron chi connectivity index (χ1n) is 5.53. The molecule has 5 heteroatoms. The van der Waals surface area contributed by atoms with Crippen LogP contribution >= 0.6 is 23.1 Å². The van der Waals surface area contributed by atoms with Crippen LogP contribution in [0.5, 0.6) is 0 Å². The van der Waals surface area contributed by atoms with Gasteiger partial charge in [0.15, 0.2) is 4.34 Å². The number of nitrogens with two attached hydrogens (primary N) is 1. The lowest BCUT2D eigenvalue weighted by atomic mass is 10.0. The van der Waals surface area contributed by atoms with Crippen molar-refractivity contribution in [3.63, 3.8) is 0 Å². The van der Waals surface area contributed by atoms with E-state index in [1.165, 1.54) is 32.1 Å². The molecule has 1 aromatic rings. The molecule has 1 saturated carbocycles. The van der Waals surface area contributed by atoms with E-state index in [2.05, 4.69) is 10.2 Å². The fraction of sp³-hybridized carbons (Fsp3) is 0.800. The Kier molecular flexibility index (Phi) is 4.41. The molecular weight excluding hydrogens is 226 g/mol. The molecule has 0 aromatic carbocycles. The molecule has 2 rings (SSSR count). The maximum Gasteiger partial charge on any atom is 0.174 e. The van der Waals surface area contributed by atoms with E-state index in [1.54, 1.807) is 16.8 Å². The van der Waals surface area contributed by atoms with Crippen molar-refractivity contribution in [2.24, 2.45) is 11.7 Å². The molecule has 1 fully saturated rings. The monoisotopic (exact) mass is 243 g/mol. The predicted octanol–water partition coefficient (Wildman–Crippen LogP) is 2.54. The highest BCUT2D eigenvalue weighted by Crippen LogP contribution is 2.36. The van der Waals surface area contributed by atoms with Crippen molar-refractivity contribution in [2.45, 2.75) is 41.7 Å². The minimum Gasteiger partial charge on any atom is -0.330 e. The molecule has 15 heavy (non-hydrogen) atoms. The third-order valence-corrected chi connectivity index (χ3v) is 5.25. The van der Waals surface area contributed by atoms with Crippen LogP contribution < -0.4 is 5.73 Å². The van der Waals surface area contributed by atoms with Gasteiger partial charge in [-0.05, 0) is 25.3 Å². The summed E-state index contributed by atoms with van der Waals surface area (Å²) in [6, 6.07) is 0. The Labute approximate surface area is 98.9 Å². The number of aromatic nitrogens is 2. The molecule has 0 radical (unpaired) electrons. The van der Waals surface area contributed by atoms with Gasteiger partial charge in [-0.2, -0.15) is 0 Å². The average Bonchev–Trinajstić information content (AvgIpc) is 2.64. The van der Waals surface area contributed by atoms with Gasteiger partial charge in [0.25, 0.3) is 0 Å². The van der Waals surface area contributed by atoms with Gasteiger partial charge in [-0.1, -0.05) is 42.4 Å². The van der Waals surface area contributed by atoms with Gasteiger partial charge in [-0.3, -0.25) is 0 Å². The zero-order chi connectivity index (χ0) is 10.5. The van der Waals surface area contributed by atoms with E-state index >= 15 is 0 Å². The summed E-state index contributed by atoms with van der Waals surface area (Å²) in [5.41, 5.74) is 7.65. The van der Waals surface area contributed by atoms with Crippen molar-refractivity contribution in [1.82, 2.24) is 10.2 Å². The molecule has 2 N–H and O–H groups in total. The average molecular weight is 243 g/mol. The lowest BCUT2D eigenvalue weighted by Crippen LogP contribution is -2.24. The summed E-state index contributed by atoms with van der Waals surface area (Å²) in [4.78, 5) is 0. The highest BCUT2D eigenvalue weighted by Gasteiger charge is 2.24. The molecule has 0 saturated heterocycles. The summed E-state index contributed by atoms with van der Waals surface area (Å²) >= 11 is 3.52. The molecule has 2 atom stereocenters. The minimum atomic E-state index is 0.658. The van der Waals surface area contributed by atoms with Crippen molar-refractivity contribution in [1.29, 1.82) is 0 Å². The van der Waals surface area contributed by atoms with E-state index in [1.807, 2.05) is 11.8 Å². The summed E-state index contributed by atoms with van der Waals surface area (Å²) in [5, 5.41) is 8.64. The van der Waals surface area contributed by atoms with Crippen molar-refractivity contribution >= 4 is 23.1 Å². The van der Waals surface area contributed by atoms with E-state index < -0.39 is 0 Å². The molecule has 3 nitrogen and oxygen atoms in total. The summed E-state index contributed by atoms with van der Waals surface area (Å²) in [5.74, 6) is 0.668. The van der Waals surface area contributed by atoms with Crippen molar-refractivity contribution < 1.29 is 0 Å². The minimum absolute atomic E-state index is 0.658. The quantitative estimate of drug-likeness (QED) is 0.829. The van der Waals surface area contributed by atoms with Crippen molar-refractivity contribution in [3.8, 4) is 0 Å². The van der Waals surface area contributed by atoms with Gasteiger partial charge in [0.2, 0.25) is 0 Å². The second-order valence-corrected chi connectivity index (χ2v) is 6.31. The zero-order valence-electron chi connectivity index (χ0n) is 8.76. The van der Waals surface area contributed by atoms with Gasteiger partial charge in [0.05, 0.1) is 0 Å². The zero-order valence-corrected chi connectivity index (χ0v) is 10.4. The first-order valence-corrected chi connectivity index (χ1v) is 7.29. The number of nitrogens with zero attached hydrogens (tertiary/aromatic N) is 2. The molecule has 2 unspecified atom stereocenters. The summed E-state index contributed by atoms with van der Waals surface area (Å²) in [6.07, 6.45) is 6.62. The van der Waals surface area contributed by atoms with Crippen LogP contribution in [0.15, 0.2) is 9.85 Å². The van der Waals surface area contributed by atoms with E-state index in [9.17, 15) is 0 Å². The molecule has 1 aliphatic carbocycles. The fourth-order valence-corrected chi connectivity index (χ4v) is 4.20. The van der Waals surface area contributed by atoms with Crippen LogP contribution in [0.3, 0.4) is 0 Å². The Hall–Kier alpha value is -0.130. The topological polar surface area (TPSA) is 51.8 Å². The number of rotatable bonds is 3. The largest absolute Gasteiger partial charge is 0.330 e. The Bertz CT molecular complexity index is 276. The smallest absolute Gasteiger partial charge is 0.174 e. The molecule has 1 aliphatic rings. The first kappa shape index (κ1) is 11.4. The van der Waals surface area contributed by atoms with Gasteiger partial charge in [0.1, 0.15) is 5.51 Å². The molecule has 0 bridgehead atoms. The maximum atomic E-state index is 5.85. The maximum absolute atomic E-state index is 5.85. The van der Waals surface area contributed by atoms with Gasteiger partial charge in [-0.25, -0.2) is 0 Å². The Morgan fingerprint density at radius 1 is 1.40 bits per heavy atom. The number of hydrogen-bond donors (Lipinski definition) is 1. The Morgan fingerprint density at radius 2 is 2.27 bits per heavy atom. The van der Waals surface area contributed by atoms with Crippen LogP contribution in [0.1, 0.15) is 32.1 Å². The number of hydrogen-bond acceptors (Lipinski definition) is 5. The van der Waals surface area contributed by atoms with E-state index in [0.29, 0.717) is 11.2 Å². The molecule has 0 spiro atoms. The molecule has 1 aromatic heterocycles. The van der Waals surface area contributed by atoms with Gasteiger partial charge >= 0.3 is 0 Å². The van der Waals surface area contributed by atoms with Crippen LogP contribution in [0.2, 0.25) is 0 Å². The standard InChI is InChI=1S/C10H17N3S2/c11-6-8-4-2-1-3-5-9(8)15-10-13-12-7-14-10/h7-9H,1-6,11H2.